The molecule has 0 fully saturated rings. The molecule has 0 spiro atoms. The van der Waals surface area contributed by atoms with E-state index in [1.165, 1.54) is 11.0 Å². The number of hydrogen-bond acceptors (Lipinski definition) is 2. The molecule has 0 N–H and O–H groups in total. The molecule has 0 atom stereocenters. The molecule has 3 rings (SSSR count). The van der Waals surface area contributed by atoms with Crippen LogP contribution >= 0.6 is 15.9 Å². The number of halogens is 3. The Kier molecular flexibility index (Phi) is 3.33. The minimum absolute atomic E-state index is 0.00519. The van der Waals surface area contributed by atoms with Crippen LogP contribution in [0.5, 0.6) is 0 Å². The molecule has 21 heavy (non-hydrogen) atoms. The van der Waals surface area contributed by atoms with Gasteiger partial charge >= 0.3 is 0 Å². The Hall–Kier alpha value is -2.08. The monoisotopic (exact) mass is 351 g/mol. The average Bonchev–Trinajstić information content (AvgIpc) is 2.69. The van der Waals surface area contributed by atoms with Gasteiger partial charge in [0.1, 0.15) is 0 Å². The predicted octanol–water partition coefficient (Wildman–Crippen LogP) is 3.46. The molecule has 2 aromatic rings. The molecule has 0 aliphatic carbocycles. The summed E-state index contributed by atoms with van der Waals surface area (Å²) in [6.45, 7) is 0.00519. The van der Waals surface area contributed by atoms with Crippen LogP contribution in [0.3, 0.4) is 0 Å². The molecule has 2 aromatic carbocycles. The first kappa shape index (κ1) is 13.9. The van der Waals surface area contributed by atoms with Crippen LogP contribution < -0.4 is 4.90 Å². The van der Waals surface area contributed by atoms with Crippen LogP contribution in [0.25, 0.3) is 0 Å². The first-order chi connectivity index (χ1) is 9.99. The molecule has 1 amide bonds. The van der Waals surface area contributed by atoms with Gasteiger partial charge in [-0.1, -0.05) is 12.1 Å². The van der Waals surface area contributed by atoms with Gasteiger partial charge in [0.05, 0.1) is 17.8 Å². The van der Waals surface area contributed by atoms with Gasteiger partial charge in [-0.3, -0.25) is 9.59 Å². The largest absolute Gasteiger partial charge is 0.300 e. The Balaban J connectivity index is 2.00. The van der Waals surface area contributed by atoms with Crippen LogP contribution in [0.2, 0.25) is 0 Å². The van der Waals surface area contributed by atoms with Crippen LogP contribution in [-0.2, 0) is 11.3 Å². The van der Waals surface area contributed by atoms with Crippen molar-refractivity contribution in [3.8, 4) is 0 Å². The fraction of sp³-hybridized carbons (Fsp3) is 0.0667. The molecule has 1 aliphatic heterocycles. The highest BCUT2D eigenvalue weighted by atomic mass is 79.9. The number of ketones is 1. The number of amides is 1. The minimum Gasteiger partial charge on any atom is -0.300 e. The normalized spacial score (nSPS) is 13.8. The second-order valence-electron chi connectivity index (χ2n) is 4.60. The van der Waals surface area contributed by atoms with Gasteiger partial charge in [0.25, 0.3) is 11.7 Å². The van der Waals surface area contributed by atoms with E-state index in [9.17, 15) is 18.4 Å². The number of anilines is 1. The van der Waals surface area contributed by atoms with Gasteiger partial charge < -0.3 is 4.90 Å². The highest BCUT2D eigenvalue weighted by Crippen LogP contribution is 2.35. The number of rotatable bonds is 2. The Morgan fingerprint density at radius 2 is 1.81 bits per heavy atom. The van der Waals surface area contributed by atoms with Crippen molar-refractivity contribution in [3.05, 3.63) is 63.6 Å². The topological polar surface area (TPSA) is 37.4 Å². The zero-order valence-electron chi connectivity index (χ0n) is 10.6. The van der Waals surface area contributed by atoms with Gasteiger partial charge in [0.2, 0.25) is 0 Å². The smallest absolute Gasteiger partial charge is 0.299 e. The fourth-order valence-corrected chi connectivity index (χ4v) is 2.81. The van der Waals surface area contributed by atoms with Crippen molar-refractivity contribution < 1.29 is 18.4 Å². The first-order valence-electron chi connectivity index (χ1n) is 6.07. The lowest BCUT2D eigenvalue weighted by Crippen LogP contribution is -2.29. The molecule has 1 aliphatic rings. The molecule has 106 valence electrons. The molecule has 0 saturated carbocycles. The Morgan fingerprint density at radius 1 is 1.05 bits per heavy atom. The van der Waals surface area contributed by atoms with E-state index in [0.717, 1.165) is 12.1 Å². The SMILES string of the molecule is O=C1C(=O)N(Cc2ccc(F)c(F)c2)c2cccc(Br)c21. The average molecular weight is 352 g/mol. The van der Waals surface area contributed by atoms with E-state index in [4.69, 9.17) is 0 Å². The van der Waals surface area contributed by atoms with Gasteiger partial charge in [0, 0.05) is 4.47 Å². The van der Waals surface area contributed by atoms with Gasteiger partial charge in [-0.2, -0.15) is 0 Å². The number of hydrogen-bond donors (Lipinski definition) is 0. The van der Waals surface area contributed by atoms with Crippen molar-refractivity contribution in [3.63, 3.8) is 0 Å². The lowest BCUT2D eigenvalue weighted by Gasteiger charge is -2.16. The van der Waals surface area contributed by atoms with Crippen LogP contribution in [-0.4, -0.2) is 11.7 Å². The molecular formula is C15H8BrF2NO2. The summed E-state index contributed by atoms with van der Waals surface area (Å²) in [5, 5.41) is 0. The number of benzene rings is 2. The Morgan fingerprint density at radius 3 is 2.52 bits per heavy atom. The summed E-state index contributed by atoms with van der Waals surface area (Å²) in [5.74, 6) is -3.23. The van der Waals surface area contributed by atoms with E-state index < -0.39 is 23.3 Å². The molecule has 1 heterocycles. The molecular weight excluding hydrogens is 344 g/mol. The predicted molar refractivity (Wildman–Crippen MR) is 76.0 cm³/mol. The van der Waals surface area contributed by atoms with Crippen LogP contribution in [0.15, 0.2) is 40.9 Å². The fourth-order valence-electron chi connectivity index (χ4n) is 2.28. The maximum absolute atomic E-state index is 13.2. The molecule has 3 nitrogen and oxygen atoms in total. The summed E-state index contributed by atoms with van der Waals surface area (Å²) < 4.78 is 26.7. The van der Waals surface area contributed by atoms with E-state index in [1.807, 2.05) is 0 Å². The van der Waals surface area contributed by atoms with Crippen LogP contribution in [0, 0.1) is 11.6 Å². The van der Waals surface area contributed by atoms with Crippen molar-refractivity contribution >= 4 is 33.3 Å². The summed E-state index contributed by atoms with van der Waals surface area (Å²) in [5.41, 5.74) is 1.16. The molecule has 0 aromatic heterocycles. The van der Waals surface area contributed by atoms with Crippen molar-refractivity contribution in [2.45, 2.75) is 6.54 Å². The van der Waals surface area contributed by atoms with Crippen molar-refractivity contribution in [1.82, 2.24) is 0 Å². The van der Waals surface area contributed by atoms with Crippen molar-refractivity contribution in [2.75, 3.05) is 4.90 Å². The molecule has 6 heteroatoms. The molecule has 0 saturated heterocycles. The third kappa shape index (κ3) is 2.25. The second-order valence-corrected chi connectivity index (χ2v) is 5.46. The minimum atomic E-state index is -0.986. The maximum Gasteiger partial charge on any atom is 0.299 e. The number of Topliss-reactive ketones (excluding diaryl/α,β-unsaturated/α-hetero) is 1. The number of carbonyl (C=O) groups is 2. The van der Waals surface area contributed by atoms with E-state index >= 15 is 0 Å². The third-order valence-corrected chi connectivity index (χ3v) is 3.93. The number of fused-ring (bicyclic) bond motifs is 1. The van der Waals surface area contributed by atoms with Gasteiger partial charge in [-0.25, -0.2) is 8.78 Å². The van der Waals surface area contributed by atoms with Gasteiger partial charge in [-0.15, -0.1) is 0 Å². The van der Waals surface area contributed by atoms with Crippen LogP contribution in [0.4, 0.5) is 14.5 Å². The van der Waals surface area contributed by atoms with Gasteiger partial charge in [0.15, 0.2) is 11.6 Å². The van der Waals surface area contributed by atoms with E-state index in [-0.39, 0.29) is 6.54 Å². The molecule has 0 unspecified atom stereocenters. The summed E-state index contributed by atoms with van der Waals surface area (Å²) in [6, 6.07) is 8.41. The lowest BCUT2D eigenvalue weighted by molar-refractivity contribution is -0.114. The van der Waals surface area contributed by atoms with Crippen molar-refractivity contribution in [1.29, 1.82) is 0 Å². The molecule has 0 radical (unpaired) electrons. The zero-order chi connectivity index (χ0) is 15.1. The maximum atomic E-state index is 13.2. The van der Waals surface area contributed by atoms with Gasteiger partial charge in [-0.05, 0) is 45.8 Å². The van der Waals surface area contributed by atoms with E-state index in [1.54, 1.807) is 18.2 Å². The van der Waals surface area contributed by atoms with Crippen molar-refractivity contribution in [2.24, 2.45) is 0 Å². The Labute approximate surface area is 127 Å². The highest BCUT2D eigenvalue weighted by Gasteiger charge is 2.37. The molecule has 0 bridgehead atoms. The summed E-state index contributed by atoms with van der Waals surface area (Å²) in [6.07, 6.45) is 0. The number of nitrogens with zero attached hydrogens (tertiary/aromatic N) is 1. The second kappa shape index (κ2) is 5.04. The van der Waals surface area contributed by atoms with E-state index in [0.29, 0.717) is 21.3 Å². The highest BCUT2D eigenvalue weighted by molar-refractivity contribution is 9.10. The van der Waals surface area contributed by atoms with E-state index in [2.05, 4.69) is 15.9 Å². The summed E-state index contributed by atoms with van der Waals surface area (Å²) in [4.78, 5) is 25.3. The lowest BCUT2D eigenvalue weighted by atomic mass is 10.1. The standard InChI is InChI=1S/C15H8BrF2NO2/c16-9-2-1-3-12-13(9)14(20)15(21)19(12)7-8-4-5-10(17)11(18)6-8/h1-6H,7H2. The zero-order valence-corrected chi connectivity index (χ0v) is 12.2. The quantitative estimate of drug-likeness (QED) is 0.777. The van der Waals surface area contributed by atoms with Crippen LogP contribution in [0.1, 0.15) is 15.9 Å². The third-order valence-electron chi connectivity index (χ3n) is 3.27. The summed E-state index contributed by atoms with van der Waals surface area (Å²) >= 11 is 3.24. The Bertz CT molecular complexity index is 776. The number of carbonyl (C=O) groups excluding carboxylic acids is 2. The first-order valence-corrected chi connectivity index (χ1v) is 6.87. The summed E-state index contributed by atoms with van der Waals surface area (Å²) in [7, 11) is 0.